The molecule has 1 aromatic carbocycles. The highest BCUT2D eigenvalue weighted by Gasteiger charge is 2.05. The van der Waals surface area contributed by atoms with Gasteiger partial charge in [0.05, 0.1) is 6.61 Å². The third kappa shape index (κ3) is 5.62. The largest absolute Gasteiger partial charge is 0.380 e. The van der Waals surface area contributed by atoms with E-state index in [9.17, 15) is 0 Å². The highest BCUT2D eigenvalue weighted by Crippen LogP contribution is 2.16. The summed E-state index contributed by atoms with van der Waals surface area (Å²) in [6, 6.07) is 9.02. The lowest BCUT2D eigenvalue weighted by Crippen LogP contribution is -2.27. The maximum atomic E-state index is 5.98. The second-order valence-corrected chi connectivity index (χ2v) is 4.82. The molecule has 19 heavy (non-hydrogen) atoms. The zero-order valence-corrected chi connectivity index (χ0v) is 12.6. The van der Waals surface area contributed by atoms with E-state index < -0.39 is 0 Å². The van der Waals surface area contributed by atoms with Crippen LogP contribution in [0.4, 0.5) is 5.69 Å². The number of nitrogens with two attached hydrogens (primary N) is 1. The Morgan fingerprint density at radius 2 is 1.84 bits per heavy atom. The minimum atomic E-state index is 0.270. The molecule has 0 heterocycles. The molecule has 1 atom stereocenters. The van der Waals surface area contributed by atoms with Crippen LogP contribution < -0.4 is 10.6 Å². The van der Waals surface area contributed by atoms with E-state index in [0.717, 1.165) is 39.1 Å². The fourth-order valence-corrected chi connectivity index (χ4v) is 2.08. The number of ether oxygens (including phenoxy) is 1. The molecule has 0 aliphatic rings. The lowest BCUT2D eigenvalue weighted by Gasteiger charge is -2.23. The molecule has 0 saturated heterocycles. The first kappa shape index (κ1) is 16.0. The lowest BCUT2D eigenvalue weighted by atomic mass is 10.0. The Morgan fingerprint density at radius 3 is 2.37 bits per heavy atom. The number of nitrogens with zero attached hydrogens (tertiary/aromatic N) is 1. The molecule has 1 aromatic rings. The van der Waals surface area contributed by atoms with E-state index >= 15 is 0 Å². The summed E-state index contributed by atoms with van der Waals surface area (Å²) < 4.78 is 5.42. The maximum absolute atomic E-state index is 5.98. The molecule has 0 saturated carbocycles. The fraction of sp³-hybridized carbons (Fsp3) is 0.625. The Labute approximate surface area is 117 Å². The molecule has 1 rings (SSSR count). The van der Waals surface area contributed by atoms with Crippen molar-refractivity contribution in [2.75, 3.05) is 31.2 Å². The van der Waals surface area contributed by atoms with Crippen LogP contribution in [0.2, 0.25) is 0 Å². The quantitative estimate of drug-likeness (QED) is 0.697. The lowest BCUT2D eigenvalue weighted by molar-refractivity contribution is 0.154. The van der Waals surface area contributed by atoms with Crippen LogP contribution in [0.5, 0.6) is 0 Å². The number of anilines is 1. The van der Waals surface area contributed by atoms with E-state index in [4.69, 9.17) is 10.5 Å². The highest BCUT2D eigenvalue weighted by atomic mass is 16.5. The first-order valence-electron chi connectivity index (χ1n) is 7.38. The molecule has 0 aromatic heterocycles. The molecule has 1 unspecified atom stereocenters. The van der Waals surface area contributed by atoms with Crippen LogP contribution in [0, 0.1) is 0 Å². The minimum Gasteiger partial charge on any atom is -0.380 e. The van der Waals surface area contributed by atoms with E-state index in [1.807, 2.05) is 6.92 Å². The molecule has 0 fully saturated rings. The van der Waals surface area contributed by atoms with Gasteiger partial charge in [-0.3, -0.25) is 0 Å². The zero-order chi connectivity index (χ0) is 14.1. The number of hydrogen-bond donors (Lipinski definition) is 1. The fourth-order valence-electron chi connectivity index (χ4n) is 2.08. The molecule has 0 aliphatic heterocycles. The summed E-state index contributed by atoms with van der Waals surface area (Å²) in [5.41, 5.74) is 8.56. The molecule has 2 N–H and O–H groups in total. The van der Waals surface area contributed by atoms with Gasteiger partial charge in [0.1, 0.15) is 0 Å². The van der Waals surface area contributed by atoms with E-state index in [2.05, 4.69) is 43.0 Å². The van der Waals surface area contributed by atoms with Crippen LogP contribution >= 0.6 is 0 Å². The van der Waals surface area contributed by atoms with Crippen molar-refractivity contribution in [1.82, 2.24) is 0 Å². The first-order chi connectivity index (χ1) is 9.21. The summed E-state index contributed by atoms with van der Waals surface area (Å²) in [7, 11) is 0. The monoisotopic (exact) mass is 264 g/mol. The molecule has 0 spiro atoms. The molecule has 0 aliphatic carbocycles. The van der Waals surface area contributed by atoms with E-state index in [1.54, 1.807) is 0 Å². The zero-order valence-electron chi connectivity index (χ0n) is 12.6. The average Bonchev–Trinajstić information content (AvgIpc) is 2.45. The summed E-state index contributed by atoms with van der Waals surface area (Å²) in [6.07, 6.45) is 1.99. The molecule has 3 nitrogen and oxygen atoms in total. The molecule has 0 radical (unpaired) electrons. The SMILES string of the molecule is CCOCCN(CC)c1ccc(CC(N)CC)cc1. The van der Waals surface area contributed by atoms with Gasteiger partial charge >= 0.3 is 0 Å². The summed E-state index contributed by atoms with van der Waals surface area (Å²) in [5, 5.41) is 0. The second kappa shape index (κ2) is 8.94. The van der Waals surface area contributed by atoms with Crippen LogP contribution in [0.25, 0.3) is 0 Å². The average molecular weight is 264 g/mol. The van der Waals surface area contributed by atoms with Gasteiger partial charge < -0.3 is 15.4 Å². The Hall–Kier alpha value is -1.06. The smallest absolute Gasteiger partial charge is 0.0641 e. The number of benzene rings is 1. The molecular formula is C16H28N2O. The van der Waals surface area contributed by atoms with E-state index in [0.29, 0.717) is 0 Å². The molecule has 108 valence electrons. The van der Waals surface area contributed by atoms with Crippen LogP contribution in [0.15, 0.2) is 24.3 Å². The Bertz CT molecular complexity index is 337. The standard InChI is InChI=1S/C16H28N2O/c1-4-15(17)13-14-7-9-16(10-8-14)18(5-2)11-12-19-6-3/h7-10,15H,4-6,11-13,17H2,1-3H3. The third-order valence-electron chi connectivity index (χ3n) is 3.42. The molecule has 3 heteroatoms. The summed E-state index contributed by atoms with van der Waals surface area (Å²) in [6.45, 7) is 9.84. The topological polar surface area (TPSA) is 38.5 Å². The predicted octanol–water partition coefficient (Wildman–Crippen LogP) is 2.83. The summed E-state index contributed by atoms with van der Waals surface area (Å²) in [4.78, 5) is 2.33. The van der Waals surface area contributed by atoms with Gasteiger partial charge in [-0.25, -0.2) is 0 Å². The summed E-state index contributed by atoms with van der Waals surface area (Å²) in [5.74, 6) is 0. The number of hydrogen-bond acceptors (Lipinski definition) is 3. The summed E-state index contributed by atoms with van der Waals surface area (Å²) >= 11 is 0. The van der Waals surface area contributed by atoms with Crippen molar-refractivity contribution in [2.24, 2.45) is 5.73 Å². The van der Waals surface area contributed by atoms with Crippen molar-refractivity contribution >= 4 is 5.69 Å². The molecular weight excluding hydrogens is 236 g/mol. The Kier molecular flexibility index (Phi) is 7.53. The van der Waals surface area contributed by atoms with Crippen LogP contribution in [0.1, 0.15) is 32.8 Å². The Morgan fingerprint density at radius 1 is 1.16 bits per heavy atom. The van der Waals surface area contributed by atoms with Gasteiger partial charge in [-0.2, -0.15) is 0 Å². The van der Waals surface area contributed by atoms with Crippen LogP contribution in [-0.4, -0.2) is 32.3 Å². The normalized spacial score (nSPS) is 12.4. The van der Waals surface area contributed by atoms with Gasteiger partial charge in [0.15, 0.2) is 0 Å². The van der Waals surface area contributed by atoms with Gasteiger partial charge in [-0.1, -0.05) is 19.1 Å². The third-order valence-corrected chi connectivity index (χ3v) is 3.42. The predicted molar refractivity (Wildman–Crippen MR) is 82.8 cm³/mol. The van der Waals surface area contributed by atoms with Gasteiger partial charge in [-0.15, -0.1) is 0 Å². The van der Waals surface area contributed by atoms with Crippen molar-refractivity contribution in [3.8, 4) is 0 Å². The van der Waals surface area contributed by atoms with Gasteiger partial charge in [0.2, 0.25) is 0 Å². The van der Waals surface area contributed by atoms with Crippen molar-refractivity contribution in [2.45, 2.75) is 39.7 Å². The van der Waals surface area contributed by atoms with Gasteiger partial charge in [0.25, 0.3) is 0 Å². The first-order valence-corrected chi connectivity index (χ1v) is 7.38. The highest BCUT2D eigenvalue weighted by molar-refractivity contribution is 5.47. The second-order valence-electron chi connectivity index (χ2n) is 4.82. The van der Waals surface area contributed by atoms with E-state index in [-0.39, 0.29) is 6.04 Å². The maximum Gasteiger partial charge on any atom is 0.0641 e. The molecule has 0 bridgehead atoms. The van der Waals surface area contributed by atoms with E-state index in [1.165, 1.54) is 11.3 Å². The van der Waals surface area contributed by atoms with Crippen LogP contribution in [-0.2, 0) is 11.2 Å². The van der Waals surface area contributed by atoms with Crippen molar-refractivity contribution in [3.63, 3.8) is 0 Å². The minimum absolute atomic E-state index is 0.270. The van der Waals surface area contributed by atoms with Crippen molar-refractivity contribution in [1.29, 1.82) is 0 Å². The Balaban J connectivity index is 2.57. The number of likely N-dealkylation sites (N-methyl/N-ethyl adjacent to an activating group) is 1. The molecule has 0 amide bonds. The number of rotatable bonds is 9. The van der Waals surface area contributed by atoms with Crippen LogP contribution in [0.3, 0.4) is 0 Å². The van der Waals surface area contributed by atoms with Gasteiger partial charge in [-0.05, 0) is 44.4 Å². The van der Waals surface area contributed by atoms with Gasteiger partial charge in [0, 0.05) is 31.4 Å². The van der Waals surface area contributed by atoms with Crippen molar-refractivity contribution < 1.29 is 4.74 Å². The van der Waals surface area contributed by atoms with Crippen molar-refractivity contribution in [3.05, 3.63) is 29.8 Å².